The molecule has 28 heavy (non-hydrogen) atoms. The van der Waals surface area contributed by atoms with Crippen LogP contribution in [-0.2, 0) is 5.60 Å². The molecule has 1 heterocycles. The van der Waals surface area contributed by atoms with E-state index in [1.165, 1.54) is 6.20 Å². The molecule has 0 atom stereocenters. The van der Waals surface area contributed by atoms with Gasteiger partial charge in [-0.15, -0.1) is 0 Å². The number of nitrogens with one attached hydrogen (secondary N) is 1. The molecule has 0 amide bonds. The maximum atomic E-state index is 12.2. The molecular formula is C24H20N2O2. The van der Waals surface area contributed by atoms with Gasteiger partial charge in [0, 0.05) is 28.5 Å². The van der Waals surface area contributed by atoms with Crippen molar-refractivity contribution in [2.75, 3.05) is 0 Å². The summed E-state index contributed by atoms with van der Waals surface area (Å²) in [5.74, 6) is 0. The Hall–Kier alpha value is -3.66. The van der Waals surface area contributed by atoms with Gasteiger partial charge >= 0.3 is 0 Å². The zero-order valence-corrected chi connectivity index (χ0v) is 15.5. The van der Waals surface area contributed by atoms with Crippen molar-refractivity contribution < 1.29 is 4.74 Å². The van der Waals surface area contributed by atoms with E-state index in [4.69, 9.17) is 4.74 Å². The minimum Gasteiger partial charge on any atom is -0.443 e. The number of rotatable bonds is 5. The monoisotopic (exact) mass is 368 g/mol. The summed E-state index contributed by atoms with van der Waals surface area (Å²) in [4.78, 5) is 19.2. The van der Waals surface area contributed by atoms with E-state index in [0.717, 1.165) is 16.7 Å². The third-order valence-corrected chi connectivity index (χ3v) is 4.74. The summed E-state index contributed by atoms with van der Waals surface area (Å²) >= 11 is 0. The highest BCUT2D eigenvalue weighted by Gasteiger charge is 2.39. The molecule has 0 fully saturated rings. The summed E-state index contributed by atoms with van der Waals surface area (Å²) in [6, 6.07) is 30.1. The lowest BCUT2D eigenvalue weighted by atomic mass is 9.80. The van der Waals surface area contributed by atoms with Crippen molar-refractivity contribution in [3.63, 3.8) is 0 Å². The fourth-order valence-corrected chi connectivity index (χ4v) is 3.33. The van der Waals surface area contributed by atoms with E-state index in [9.17, 15) is 4.79 Å². The Labute approximate surface area is 163 Å². The third-order valence-electron chi connectivity index (χ3n) is 4.74. The van der Waals surface area contributed by atoms with Gasteiger partial charge in [0.2, 0.25) is 0 Å². The molecule has 4 rings (SSSR count). The second kappa shape index (κ2) is 7.53. The number of aryl methyl sites for hydroxylation is 1. The smallest absolute Gasteiger partial charge is 0.297 e. The molecule has 0 spiro atoms. The minimum absolute atomic E-state index is 0.173. The van der Waals surface area contributed by atoms with E-state index in [-0.39, 0.29) is 11.6 Å². The van der Waals surface area contributed by atoms with Gasteiger partial charge in [-0.1, -0.05) is 91.0 Å². The Balaban J connectivity index is 2.00. The minimum atomic E-state index is -0.963. The Morgan fingerprint density at radius 2 is 1.18 bits per heavy atom. The van der Waals surface area contributed by atoms with Gasteiger partial charge in [0.05, 0.1) is 0 Å². The molecule has 1 aromatic heterocycles. The van der Waals surface area contributed by atoms with E-state index >= 15 is 0 Å². The molecule has 0 unspecified atom stereocenters. The van der Waals surface area contributed by atoms with Gasteiger partial charge in [-0.25, -0.2) is 4.98 Å². The molecule has 0 saturated carbocycles. The highest BCUT2D eigenvalue weighted by molar-refractivity contribution is 5.48. The first-order valence-corrected chi connectivity index (χ1v) is 9.11. The van der Waals surface area contributed by atoms with Crippen LogP contribution in [0, 0.1) is 6.92 Å². The number of ether oxygens (including phenoxy) is 1. The molecule has 4 heteroatoms. The largest absolute Gasteiger partial charge is 0.443 e. The van der Waals surface area contributed by atoms with Gasteiger partial charge in [0.1, 0.15) is 0 Å². The highest BCUT2D eigenvalue weighted by Crippen LogP contribution is 2.40. The van der Waals surface area contributed by atoms with E-state index in [0.29, 0.717) is 5.56 Å². The topological polar surface area (TPSA) is 55.0 Å². The number of H-pyrrole nitrogens is 1. The third kappa shape index (κ3) is 3.21. The molecule has 0 aliphatic rings. The lowest BCUT2D eigenvalue weighted by Crippen LogP contribution is -2.37. The van der Waals surface area contributed by atoms with Crippen LogP contribution in [0.1, 0.15) is 22.3 Å². The maximum Gasteiger partial charge on any atom is 0.297 e. The Morgan fingerprint density at radius 3 is 1.57 bits per heavy atom. The van der Waals surface area contributed by atoms with Crippen molar-refractivity contribution >= 4 is 0 Å². The summed E-state index contributed by atoms with van der Waals surface area (Å²) in [5, 5.41) is 0. The molecule has 0 bridgehead atoms. The number of nitrogens with zero attached hydrogens (tertiary/aromatic N) is 1. The quantitative estimate of drug-likeness (QED) is 0.530. The summed E-state index contributed by atoms with van der Waals surface area (Å²) in [5.41, 5.74) is 2.18. The Bertz CT molecular complexity index is 1010. The molecule has 0 aliphatic heterocycles. The summed E-state index contributed by atoms with van der Waals surface area (Å²) in [6.07, 6.45) is 1.53. The summed E-state index contributed by atoms with van der Waals surface area (Å²) in [7, 11) is 0. The predicted molar refractivity (Wildman–Crippen MR) is 109 cm³/mol. The zero-order chi connectivity index (χ0) is 19.4. The van der Waals surface area contributed by atoms with Crippen molar-refractivity contribution in [3.05, 3.63) is 130 Å². The van der Waals surface area contributed by atoms with Crippen LogP contribution in [0.4, 0.5) is 0 Å². The first kappa shape index (κ1) is 17.7. The molecule has 138 valence electrons. The lowest BCUT2D eigenvalue weighted by Gasteiger charge is -2.35. The number of aromatic amines is 1. The molecule has 0 saturated heterocycles. The second-order valence-electron chi connectivity index (χ2n) is 6.58. The van der Waals surface area contributed by atoms with Crippen molar-refractivity contribution in [1.29, 1.82) is 0 Å². The average Bonchev–Trinajstić information content (AvgIpc) is 2.76. The van der Waals surface area contributed by atoms with Crippen LogP contribution in [0.2, 0.25) is 0 Å². The van der Waals surface area contributed by atoms with E-state index < -0.39 is 5.60 Å². The van der Waals surface area contributed by atoms with Gasteiger partial charge < -0.3 is 4.74 Å². The van der Waals surface area contributed by atoms with Crippen molar-refractivity contribution in [2.45, 2.75) is 12.5 Å². The molecule has 4 aromatic rings. The first-order valence-electron chi connectivity index (χ1n) is 9.11. The van der Waals surface area contributed by atoms with Gasteiger partial charge in [-0.2, -0.15) is 0 Å². The van der Waals surface area contributed by atoms with Gasteiger partial charge in [-0.05, 0) is 6.92 Å². The highest BCUT2D eigenvalue weighted by atomic mass is 16.5. The van der Waals surface area contributed by atoms with Crippen LogP contribution >= 0.6 is 0 Å². The van der Waals surface area contributed by atoms with Gasteiger partial charge in [0.25, 0.3) is 11.6 Å². The standard InChI is InChI=1S/C24H20N2O2/c1-18-17-25-23(26-22(18)27)28-24(19-11-5-2-6-12-19,20-13-7-3-8-14-20)21-15-9-4-10-16-21/h2-17H,1H3,(H,25,26,27). The van der Waals surface area contributed by atoms with Crippen LogP contribution in [0.25, 0.3) is 0 Å². The van der Waals surface area contributed by atoms with Crippen LogP contribution in [0.5, 0.6) is 6.01 Å². The van der Waals surface area contributed by atoms with Crippen LogP contribution < -0.4 is 10.3 Å². The van der Waals surface area contributed by atoms with E-state index in [1.807, 2.05) is 91.0 Å². The fourth-order valence-electron chi connectivity index (χ4n) is 3.33. The Morgan fingerprint density at radius 1 is 0.750 bits per heavy atom. The molecule has 1 N–H and O–H groups in total. The molecular weight excluding hydrogens is 348 g/mol. The van der Waals surface area contributed by atoms with Crippen molar-refractivity contribution in [2.24, 2.45) is 0 Å². The lowest BCUT2D eigenvalue weighted by molar-refractivity contribution is 0.139. The van der Waals surface area contributed by atoms with Crippen LogP contribution in [-0.4, -0.2) is 9.97 Å². The van der Waals surface area contributed by atoms with Crippen molar-refractivity contribution in [1.82, 2.24) is 9.97 Å². The molecule has 3 aromatic carbocycles. The molecule has 0 radical (unpaired) electrons. The zero-order valence-electron chi connectivity index (χ0n) is 15.5. The van der Waals surface area contributed by atoms with Gasteiger partial charge in [0.15, 0.2) is 5.60 Å². The second-order valence-corrected chi connectivity index (χ2v) is 6.58. The first-order chi connectivity index (χ1) is 13.7. The number of hydrogen-bond donors (Lipinski definition) is 1. The maximum absolute atomic E-state index is 12.2. The van der Waals surface area contributed by atoms with E-state index in [2.05, 4.69) is 9.97 Å². The normalized spacial score (nSPS) is 11.2. The SMILES string of the molecule is Cc1cnc(OC(c2ccccc2)(c2ccccc2)c2ccccc2)[nH]c1=O. The van der Waals surface area contributed by atoms with Crippen LogP contribution in [0.15, 0.2) is 102 Å². The number of hydrogen-bond acceptors (Lipinski definition) is 3. The fraction of sp³-hybridized carbons (Fsp3) is 0.0833. The summed E-state index contributed by atoms with van der Waals surface area (Å²) < 4.78 is 6.53. The van der Waals surface area contributed by atoms with Crippen molar-refractivity contribution in [3.8, 4) is 6.01 Å². The van der Waals surface area contributed by atoms with Crippen LogP contribution in [0.3, 0.4) is 0 Å². The number of aromatic nitrogens is 2. The average molecular weight is 368 g/mol. The molecule has 0 aliphatic carbocycles. The van der Waals surface area contributed by atoms with Gasteiger partial charge in [-0.3, -0.25) is 9.78 Å². The molecule has 4 nitrogen and oxygen atoms in total. The van der Waals surface area contributed by atoms with E-state index in [1.54, 1.807) is 6.92 Å². The number of benzene rings is 3. The summed E-state index contributed by atoms with van der Waals surface area (Å²) in [6.45, 7) is 1.72. The Kier molecular flexibility index (Phi) is 4.77. The predicted octanol–water partition coefficient (Wildman–Crippen LogP) is 4.45.